The van der Waals surface area contributed by atoms with Gasteiger partial charge in [-0.3, -0.25) is 4.99 Å². The van der Waals surface area contributed by atoms with Crippen molar-refractivity contribution in [1.29, 1.82) is 0 Å². The number of hydrogen-bond acceptors (Lipinski definition) is 1. The highest BCUT2D eigenvalue weighted by molar-refractivity contribution is 14.0. The van der Waals surface area contributed by atoms with Crippen LogP contribution < -0.4 is 10.6 Å². The molecule has 2 N–H and O–H groups in total. The number of nitrogens with one attached hydrogen (secondary N) is 2. The summed E-state index contributed by atoms with van der Waals surface area (Å²) in [6, 6.07) is 0. The third kappa shape index (κ3) is 9.68. The van der Waals surface area contributed by atoms with Gasteiger partial charge in [0.25, 0.3) is 0 Å². The van der Waals surface area contributed by atoms with Gasteiger partial charge in [0.05, 0.1) is 0 Å². The number of halogens is 1. The van der Waals surface area contributed by atoms with E-state index in [9.17, 15) is 0 Å². The molecule has 0 radical (unpaired) electrons. The molecule has 0 unspecified atom stereocenters. The van der Waals surface area contributed by atoms with Gasteiger partial charge in [0.1, 0.15) is 0 Å². The Morgan fingerprint density at radius 2 is 1.82 bits per heavy atom. The summed E-state index contributed by atoms with van der Waals surface area (Å²) in [6.07, 6.45) is 9.38. The zero-order chi connectivity index (χ0) is 11.6. The Hall–Kier alpha value is 0. The molecule has 102 valence electrons. The zero-order valence-electron chi connectivity index (χ0n) is 11.3. The van der Waals surface area contributed by atoms with E-state index in [4.69, 9.17) is 0 Å². The van der Waals surface area contributed by atoms with Crippen LogP contribution in [-0.4, -0.2) is 26.1 Å². The summed E-state index contributed by atoms with van der Waals surface area (Å²) in [5, 5.41) is 6.73. The molecule has 0 amide bonds. The van der Waals surface area contributed by atoms with Crippen molar-refractivity contribution < 1.29 is 0 Å². The Labute approximate surface area is 123 Å². The van der Waals surface area contributed by atoms with E-state index in [2.05, 4.69) is 22.5 Å². The van der Waals surface area contributed by atoms with Gasteiger partial charge in [-0.05, 0) is 18.8 Å². The molecule has 1 rings (SSSR count). The molecule has 0 aromatic heterocycles. The topological polar surface area (TPSA) is 36.4 Å². The van der Waals surface area contributed by atoms with E-state index in [1.165, 1.54) is 44.9 Å². The summed E-state index contributed by atoms with van der Waals surface area (Å²) >= 11 is 0. The average molecular weight is 353 g/mol. The first-order valence-corrected chi connectivity index (χ1v) is 6.81. The standard InChI is InChI=1S/C13H27N3.HI/c1-3-4-5-6-10-15-13(14-2)16-11-9-12-7-8-12;/h12H,3-11H2,1-2H3,(H2,14,15,16);1H. The van der Waals surface area contributed by atoms with Gasteiger partial charge >= 0.3 is 0 Å². The molecule has 1 aliphatic rings. The second kappa shape index (κ2) is 11.1. The molecule has 0 spiro atoms. The second-order valence-electron chi connectivity index (χ2n) is 4.72. The molecule has 0 atom stereocenters. The van der Waals surface area contributed by atoms with Gasteiger partial charge in [0.15, 0.2) is 5.96 Å². The van der Waals surface area contributed by atoms with E-state index in [1.54, 1.807) is 0 Å². The van der Waals surface area contributed by atoms with Gasteiger partial charge in [-0.15, -0.1) is 24.0 Å². The van der Waals surface area contributed by atoms with E-state index < -0.39 is 0 Å². The van der Waals surface area contributed by atoms with Crippen molar-refractivity contribution in [3.05, 3.63) is 0 Å². The molecular weight excluding hydrogens is 325 g/mol. The van der Waals surface area contributed by atoms with Crippen LogP contribution in [0.25, 0.3) is 0 Å². The van der Waals surface area contributed by atoms with Crippen LogP contribution in [0, 0.1) is 5.92 Å². The van der Waals surface area contributed by atoms with Crippen LogP contribution in [-0.2, 0) is 0 Å². The van der Waals surface area contributed by atoms with Gasteiger partial charge < -0.3 is 10.6 Å². The molecule has 0 saturated heterocycles. The van der Waals surface area contributed by atoms with Crippen molar-refractivity contribution in [2.24, 2.45) is 10.9 Å². The normalized spacial score (nSPS) is 15.3. The lowest BCUT2D eigenvalue weighted by atomic mass is 10.2. The first kappa shape index (κ1) is 17.0. The van der Waals surface area contributed by atoms with Crippen molar-refractivity contribution in [3.63, 3.8) is 0 Å². The lowest BCUT2D eigenvalue weighted by Gasteiger charge is -2.11. The van der Waals surface area contributed by atoms with Gasteiger partial charge in [0, 0.05) is 20.1 Å². The minimum absolute atomic E-state index is 0. The summed E-state index contributed by atoms with van der Waals surface area (Å²) in [4.78, 5) is 4.22. The van der Waals surface area contributed by atoms with Crippen LogP contribution in [0.1, 0.15) is 51.9 Å². The molecule has 0 aromatic rings. The number of nitrogens with zero attached hydrogens (tertiary/aromatic N) is 1. The highest BCUT2D eigenvalue weighted by Gasteiger charge is 2.20. The third-order valence-corrected chi connectivity index (χ3v) is 3.09. The SMILES string of the molecule is CCCCCCNC(=NC)NCCC1CC1.I. The zero-order valence-corrected chi connectivity index (χ0v) is 13.6. The van der Waals surface area contributed by atoms with E-state index in [1.807, 2.05) is 7.05 Å². The van der Waals surface area contributed by atoms with Crippen LogP contribution in [0.4, 0.5) is 0 Å². The summed E-state index contributed by atoms with van der Waals surface area (Å²) in [5.74, 6) is 1.97. The molecule has 1 saturated carbocycles. The minimum Gasteiger partial charge on any atom is -0.356 e. The Morgan fingerprint density at radius 3 is 2.41 bits per heavy atom. The number of aliphatic imine (C=N–C) groups is 1. The number of hydrogen-bond donors (Lipinski definition) is 2. The van der Waals surface area contributed by atoms with E-state index in [0.29, 0.717) is 0 Å². The maximum absolute atomic E-state index is 4.22. The lowest BCUT2D eigenvalue weighted by molar-refractivity contribution is 0.639. The lowest BCUT2D eigenvalue weighted by Crippen LogP contribution is -2.38. The number of guanidine groups is 1. The maximum atomic E-state index is 4.22. The molecule has 1 fully saturated rings. The molecule has 0 bridgehead atoms. The highest BCUT2D eigenvalue weighted by atomic mass is 127. The Kier molecular flexibility index (Phi) is 11.1. The fourth-order valence-electron chi connectivity index (χ4n) is 1.78. The predicted octanol–water partition coefficient (Wildman–Crippen LogP) is 3.15. The summed E-state index contributed by atoms with van der Waals surface area (Å²) in [6.45, 7) is 4.36. The van der Waals surface area contributed by atoms with Crippen LogP contribution >= 0.6 is 24.0 Å². The van der Waals surface area contributed by atoms with Crippen LogP contribution in [0.3, 0.4) is 0 Å². The largest absolute Gasteiger partial charge is 0.356 e. The summed E-state index contributed by atoms with van der Waals surface area (Å²) < 4.78 is 0. The Bertz CT molecular complexity index is 203. The predicted molar refractivity (Wildman–Crippen MR) is 86.3 cm³/mol. The van der Waals surface area contributed by atoms with Crippen molar-refractivity contribution >= 4 is 29.9 Å². The first-order chi connectivity index (χ1) is 7.86. The van der Waals surface area contributed by atoms with Crippen LogP contribution in [0.5, 0.6) is 0 Å². The summed E-state index contributed by atoms with van der Waals surface area (Å²) in [7, 11) is 1.85. The smallest absolute Gasteiger partial charge is 0.190 e. The average Bonchev–Trinajstić information content (AvgIpc) is 3.10. The molecule has 17 heavy (non-hydrogen) atoms. The van der Waals surface area contributed by atoms with Gasteiger partial charge in [-0.2, -0.15) is 0 Å². The number of unbranched alkanes of at least 4 members (excludes halogenated alkanes) is 3. The van der Waals surface area contributed by atoms with Crippen molar-refractivity contribution in [2.75, 3.05) is 20.1 Å². The maximum Gasteiger partial charge on any atom is 0.190 e. The molecule has 0 heterocycles. The van der Waals surface area contributed by atoms with Crippen molar-refractivity contribution in [3.8, 4) is 0 Å². The minimum atomic E-state index is 0. The van der Waals surface area contributed by atoms with E-state index >= 15 is 0 Å². The molecule has 0 aliphatic heterocycles. The monoisotopic (exact) mass is 353 g/mol. The van der Waals surface area contributed by atoms with Crippen LogP contribution in [0.2, 0.25) is 0 Å². The quantitative estimate of drug-likeness (QED) is 0.304. The van der Waals surface area contributed by atoms with Gasteiger partial charge in [-0.25, -0.2) is 0 Å². The second-order valence-corrected chi connectivity index (χ2v) is 4.72. The molecular formula is C13H28IN3. The van der Waals surface area contributed by atoms with E-state index in [-0.39, 0.29) is 24.0 Å². The molecule has 1 aliphatic carbocycles. The molecule has 4 heteroatoms. The Morgan fingerprint density at radius 1 is 1.12 bits per heavy atom. The first-order valence-electron chi connectivity index (χ1n) is 6.81. The highest BCUT2D eigenvalue weighted by Crippen LogP contribution is 2.31. The third-order valence-electron chi connectivity index (χ3n) is 3.09. The number of rotatable bonds is 8. The molecule has 3 nitrogen and oxygen atoms in total. The van der Waals surface area contributed by atoms with Crippen LogP contribution in [0.15, 0.2) is 4.99 Å². The van der Waals surface area contributed by atoms with Gasteiger partial charge in [0.2, 0.25) is 0 Å². The molecule has 0 aromatic carbocycles. The fraction of sp³-hybridized carbons (Fsp3) is 0.923. The Balaban J connectivity index is 0.00000256. The van der Waals surface area contributed by atoms with Gasteiger partial charge in [-0.1, -0.05) is 39.0 Å². The van der Waals surface area contributed by atoms with E-state index in [0.717, 1.165) is 25.0 Å². The summed E-state index contributed by atoms with van der Waals surface area (Å²) in [5.41, 5.74) is 0. The van der Waals surface area contributed by atoms with Crippen molar-refractivity contribution in [1.82, 2.24) is 10.6 Å². The fourth-order valence-corrected chi connectivity index (χ4v) is 1.78. The van der Waals surface area contributed by atoms with Crippen molar-refractivity contribution in [2.45, 2.75) is 51.9 Å².